The van der Waals surface area contributed by atoms with Crippen molar-refractivity contribution in [2.75, 3.05) is 51.2 Å². The summed E-state index contributed by atoms with van der Waals surface area (Å²) in [4.78, 5) is 14.5. The van der Waals surface area contributed by atoms with Crippen molar-refractivity contribution in [1.82, 2.24) is 4.31 Å². The van der Waals surface area contributed by atoms with E-state index in [-0.39, 0.29) is 10.6 Å². The zero-order chi connectivity index (χ0) is 19.8. The van der Waals surface area contributed by atoms with Crippen molar-refractivity contribution >= 4 is 21.4 Å². The molecule has 0 unspecified atom stereocenters. The molecular formula is C18H29N4O4S+. The summed E-state index contributed by atoms with van der Waals surface area (Å²) >= 11 is 0. The first kappa shape index (κ1) is 20.0. The molecule has 2 aliphatic heterocycles. The molecule has 2 saturated heterocycles. The van der Waals surface area contributed by atoms with Gasteiger partial charge in [-0.25, -0.2) is 8.42 Å². The fourth-order valence-electron chi connectivity index (χ4n) is 4.19. The van der Waals surface area contributed by atoms with Gasteiger partial charge < -0.3 is 9.80 Å². The van der Waals surface area contributed by atoms with Crippen LogP contribution in [0.1, 0.15) is 20.3 Å². The minimum atomic E-state index is -3.71. The van der Waals surface area contributed by atoms with Crippen LogP contribution in [-0.4, -0.2) is 64.0 Å². The Morgan fingerprint density at radius 2 is 1.74 bits per heavy atom. The number of rotatable bonds is 4. The average molecular weight is 398 g/mol. The van der Waals surface area contributed by atoms with Gasteiger partial charge in [0, 0.05) is 19.2 Å². The molecule has 3 rings (SSSR count). The van der Waals surface area contributed by atoms with Gasteiger partial charge in [-0.15, -0.1) is 0 Å². The molecule has 9 heteroatoms. The number of benzene rings is 1. The number of hydrogen-bond donors (Lipinski definition) is 1. The van der Waals surface area contributed by atoms with Gasteiger partial charge in [0.15, 0.2) is 0 Å². The van der Waals surface area contributed by atoms with Crippen molar-refractivity contribution in [2.24, 2.45) is 11.8 Å². The van der Waals surface area contributed by atoms with E-state index in [9.17, 15) is 18.5 Å². The first-order valence-corrected chi connectivity index (χ1v) is 11.0. The quantitative estimate of drug-likeness (QED) is 0.594. The third kappa shape index (κ3) is 4.25. The van der Waals surface area contributed by atoms with E-state index in [0.29, 0.717) is 30.6 Å². The molecule has 1 N–H and O–H groups in total. The summed E-state index contributed by atoms with van der Waals surface area (Å²) in [6, 6.07) is 4.36. The predicted octanol–water partition coefficient (Wildman–Crippen LogP) is 0.596. The third-order valence-corrected chi connectivity index (χ3v) is 7.46. The summed E-state index contributed by atoms with van der Waals surface area (Å²) < 4.78 is 27.3. The van der Waals surface area contributed by atoms with Gasteiger partial charge in [0.1, 0.15) is 5.69 Å². The highest BCUT2D eigenvalue weighted by Gasteiger charge is 2.33. The molecule has 0 radical (unpaired) electrons. The van der Waals surface area contributed by atoms with Gasteiger partial charge in [-0.1, -0.05) is 13.8 Å². The molecule has 0 bridgehead atoms. The van der Waals surface area contributed by atoms with Crippen LogP contribution in [0.25, 0.3) is 0 Å². The Hall–Kier alpha value is -1.71. The fourth-order valence-corrected chi connectivity index (χ4v) is 5.66. The number of piperazine rings is 1. The third-order valence-electron chi connectivity index (χ3n) is 5.57. The molecule has 0 aliphatic carbocycles. The molecule has 2 heterocycles. The normalized spacial score (nSPS) is 25.5. The van der Waals surface area contributed by atoms with Crippen LogP contribution in [0.4, 0.5) is 11.4 Å². The highest BCUT2D eigenvalue weighted by molar-refractivity contribution is 7.89. The predicted molar refractivity (Wildman–Crippen MR) is 104 cm³/mol. The van der Waals surface area contributed by atoms with Crippen LogP contribution in [-0.2, 0) is 10.0 Å². The van der Waals surface area contributed by atoms with Gasteiger partial charge in [0.2, 0.25) is 10.0 Å². The molecular weight excluding hydrogens is 368 g/mol. The van der Waals surface area contributed by atoms with E-state index in [4.69, 9.17) is 0 Å². The fraction of sp³-hybridized carbons (Fsp3) is 0.667. The van der Waals surface area contributed by atoms with Crippen LogP contribution in [0.5, 0.6) is 0 Å². The minimum absolute atomic E-state index is 0.00982. The number of nitro benzene ring substituents is 1. The van der Waals surface area contributed by atoms with Crippen molar-refractivity contribution in [3.05, 3.63) is 28.3 Å². The molecule has 2 aliphatic rings. The number of nitrogens with zero attached hydrogens (tertiary/aromatic N) is 3. The number of hydrogen-bond acceptors (Lipinski definition) is 5. The summed E-state index contributed by atoms with van der Waals surface area (Å²) in [6.45, 7) is 8.13. The van der Waals surface area contributed by atoms with Crippen molar-refractivity contribution in [1.29, 1.82) is 0 Å². The molecule has 2 fully saturated rings. The lowest BCUT2D eigenvalue weighted by Crippen LogP contribution is -3.12. The van der Waals surface area contributed by atoms with Gasteiger partial charge in [0.05, 0.1) is 43.0 Å². The van der Waals surface area contributed by atoms with Crippen LogP contribution >= 0.6 is 0 Å². The minimum Gasteiger partial charge on any atom is -0.365 e. The Kier molecular flexibility index (Phi) is 5.73. The first-order chi connectivity index (χ1) is 12.7. The topological polar surface area (TPSA) is 88.2 Å². The lowest BCUT2D eigenvalue weighted by molar-refractivity contribution is -0.883. The molecule has 27 heavy (non-hydrogen) atoms. The summed E-state index contributed by atoms with van der Waals surface area (Å²) in [6.07, 6.45) is 1.10. The van der Waals surface area contributed by atoms with Crippen LogP contribution in [0, 0.1) is 22.0 Å². The second-order valence-corrected chi connectivity index (χ2v) is 10.1. The summed E-state index contributed by atoms with van der Waals surface area (Å²) in [5, 5.41) is 11.7. The Bertz CT molecular complexity index is 796. The Morgan fingerprint density at radius 1 is 1.15 bits per heavy atom. The molecule has 0 saturated carbocycles. The molecule has 8 nitrogen and oxygen atoms in total. The first-order valence-electron chi connectivity index (χ1n) is 9.53. The van der Waals surface area contributed by atoms with Crippen LogP contribution in [0.2, 0.25) is 0 Å². The highest BCUT2D eigenvalue weighted by Crippen LogP contribution is 2.35. The molecule has 0 spiro atoms. The van der Waals surface area contributed by atoms with Crippen molar-refractivity contribution < 1.29 is 18.2 Å². The zero-order valence-corrected chi connectivity index (χ0v) is 17.0. The van der Waals surface area contributed by atoms with E-state index in [1.165, 1.54) is 21.3 Å². The number of nitro groups is 1. The van der Waals surface area contributed by atoms with E-state index < -0.39 is 14.9 Å². The van der Waals surface area contributed by atoms with Crippen molar-refractivity contribution in [3.8, 4) is 0 Å². The number of piperidine rings is 1. The van der Waals surface area contributed by atoms with Crippen LogP contribution in [0.3, 0.4) is 0 Å². The Labute approximate surface area is 160 Å². The largest absolute Gasteiger partial charge is 0.365 e. The summed E-state index contributed by atoms with van der Waals surface area (Å²) in [5.74, 6) is 0.897. The number of quaternary nitrogens is 1. The standard InChI is InChI=1S/C18H28N4O4S/c1-14-10-15(2)13-20(12-14)17-5-4-16(11-18(17)22(23)24)27(25,26)21-8-6-19(3)7-9-21/h4-5,11,14-15H,6-10,12-13H2,1-3H3/p+1/t14-,15-/m1/s1. The lowest BCUT2D eigenvalue weighted by Gasteiger charge is -2.36. The monoisotopic (exact) mass is 397 g/mol. The number of anilines is 1. The van der Waals surface area contributed by atoms with Gasteiger partial charge >= 0.3 is 0 Å². The average Bonchev–Trinajstić information content (AvgIpc) is 2.60. The molecule has 1 aromatic carbocycles. The Balaban J connectivity index is 1.93. The maximum atomic E-state index is 12.9. The maximum Gasteiger partial charge on any atom is 0.293 e. The van der Waals surface area contributed by atoms with E-state index in [2.05, 4.69) is 13.8 Å². The smallest absolute Gasteiger partial charge is 0.293 e. The van der Waals surface area contributed by atoms with Crippen LogP contribution < -0.4 is 9.80 Å². The van der Waals surface area contributed by atoms with E-state index >= 15 is 0 Å². The van der Waals surface area contributed by atoms with Crippen LogP contribution in [0.15, 0.2) is 23.1 Å². The molecule has 1 aromatic rings. The summed E-state index contributed by atoms with van der Waals surface area (Å²) in [7, 11) is -1.68. The van der Waals surface area contributed by atoms with Gasteiger partial charge in [-0.05, 0) is 30.4 Å². The molecule has 150 valence electrons. The van der Waals surface area contributed by atoms with Gasteiger partial charge in [-0.3, -0.25) is 10.1 Å². The van der Waals surface area contributed by atoms with Gasteiger partial charge in [0.25, 0.3) is 5.69 Å². The highest BCUT2D eigenvalue weighted by atomic mass is 32.2. The SMILES string of the molecule is C[C@@H]1C[C@@H](C)CN(c2ccc(S(=O)(=O)N3CC[NH+](C)CC3)cc2[N+](=O)[O-])C1. The summed E-state index contributed by atoms with van der Waals surface area (Å²) in [5.41, 5.74) is 0.386. The molecule has 0 amide bonds. The number of nitrogens with one attached hydrogen (secondary N) is 1. The van der Waals surface area contributed by atoms with Crippen molar-refractivity contribution in [3.63, 3.8) is 0 Å². The van der Waals surface area contributed by atoms with E-state index in [0.717, 1.165) is 32.6 Å². The second-order valence-electron chi connectivity index (χ2n) is 8.12. The maximum absolute atomic E-state index is 12.9. The zero-order valence-electron chi connectivity index (χ0n) is 16.2. The van der Waals surface area contributed by atoms with E-state index in [1.807, 2.05) is 11.9 Å². The Morgan fingerprint density at radius 3 is 2.30 bits per heavy atom. The number of sulfonamides is 1. The lowest BCUT2D eigenvalue weighted by atomic mass is 9.91. The molecule has 0 aromatic heterocycles. The van der Waals surface area contributed by atoms with Crippen molar-refractivity contribution in [2.45, 2.75) is 25.2 Å². The number of likely N-dealkylation sites (N-methyl/N-ethyl adjacent to an activating group) is 1. The second kappa shape index (κ2) is 7.73. The van der Waals surface area contributed by atoms with E-state index in [1.54, 1.807) is 6.07 Å². The molecule has 2 atom stereocenters. The van der Waals surface area contributed by atoms with Gasteiger partial charge in [-0.2, -0.15) is 4.31 Å².